The van der Waals surface area contributed by atoms with E-state index in [9.17, 15) is 10.2 Å². The standard InChI is InChI=1S/C22H27NO5/c1-2-8-23-9-7-21-17-13-3-4-15(24)18(17)28-19(21)14(20-26-10-11-27-20)5-6-22(21,25)16(23)12-13/h2-4,14,16,19-20,24-25H,1,5-12H2/t14?,16-,19+,21+,22-/m1/s1. The second kappa shape index (κ2) is 5.72. The molecule has 1 spiro atoms. The van der Waals surface area contributed by atoms with E-state index in [0.717, 1.165) is 37.9 Å². The summed E-state index contributed by atoms with van der Waals surface area (Å²) in [6.07, 6.45) is 4.43. The van der Waals surface area contributed by atoms with Crippen molar-refractivity contribution in [2.45, 2.75) is 55.1 Å². The molecule has 1 aromatic rings. The van der Waals surface area contributed by atoms with Crippen LogP contribution in [0.5, 0.6) is 11.5 Å². The number of ether oxygens (including phenoxy) is 3. The van der Waals surface area contributed by atoms with E-state index in [2.05, 4.69) is 11.5 Å². The van der Waals surface area contributed by atoms with Crippen molar-refractivity contribution < 1.29 is 24.4 Å². The lowest BCUT2D eigenvalue weighted by molar-refractivity contribution is -0.222. The third-order valence-electron chi connectivity index (χ3n) is 7.98. The number of aliphatic hydroxyl groups is 1. The lowest BCUT2D eigenvalue weighted by atomic mass is 9.47. The molecular formula is C22H27NO5. The van der Waals surface area contributed by atoms with Gasteiger partial charge in [0, 0.05) is 24.1 Å². The number of benzene rings is 1. The number of phenols is 1. The molecule has 2 bridgehead atoms. The number of hydrogen-bond donors (Lipinski definition) is 2. The van der Waals surface area contributed by atoms with Crippen LogP contribution in [0, 0.1) is 5.92 Å². The van der Waals surface area contributed by atoms with Crippen LogP contribution in [0.2, 0.25) is 0 Å². The molecule has 2 saturated heterocycles. The van der Waals surface area contributed by atoms with Gasteiger partial charge in [0.25, 0.3) is 0 Å². The summed E-state index contributed by atoms with van der Waals surface area (Å²) in [6.45, 7) is 6.77. The number of nitrogens with zero attached hydrogens (tertiary/aromatic N) is 1. The summed E-state index contributed by atoms with van der Waals surface area (Å²) in [4.78, 5) is 2.37. The fourth-order valence-corrected chi connectivity index (χ4v) is 6.96. The van der Waals surface area contributed by atoms with Crippen molar-refractivity contribution >= 4 is 0 Å². The first-order valence-electron chi connectivity index (χ1n) is 10.4. The van der Waals surface area contributed by atoms with Crippen LogP contribution >= 0.6 is 0 Å². The molecular weight excluding hydrogens is 358 g/mol. The molecule has 3 aliphatic heterocycles. The van der Waals surface area contributed by atoms with Gasteiger partial charge < -0.3 is 24.4 Å². The summed E-state index contributed by atoms with van der Waals surface area (Å²) in [6, 6.07) is 3.77. The van der Waals surface area contributed by atoms with E-state index < -0.39 is 11.0 Å². The normalized spacial score (nSPS) is 41.5. The number of hydrogen-bond acceptors (Lipinski definition) is 6. The maximum absolute atomic E-state index is 12.2. The van der Waals surface area contributed by atoms with E-state index in [1.807, 2.05) is 12.1 Å². The molecule has 1 saturated carbocycles. The number of piperidine rings is 1. The van der Waals surface area contributed by atoms with Crippen molar-refractivity contribution in [3.8, 4) is 11.5 Å². The van der Waals surface area contributed by atoms with Crippen molar-refractivity contribution in [1.29, 1.82) is 0 Å². The zero-order valence-electron chi connectivity index (χ0n) is 16.0. The van der Waals surface area contributed by atoms with Gasteiger partial charge in [-0.2, -0.15) is 0 Å². The van der Waals surface area contributed by atoms with Gasteiger partial charge >= 0.3 is 0 Å². The second-order valence-electron chi connectivity index (χ2n) is 8.95. The predicted octanol–water partition coefficient (Wildman–Crippen LogP) is 1.72. The van der Waals surface area contributed by atoms with Crippen molar-refractivity contribution in [2.24, 2.45) is 5.92 Å². The lowest BCUT2D eigenvalue weighted by Gasteiger charge is -2.64. The topological polar surface area (TPSA) is 71.4 Å². The summed E-state index contributed by atoms with van der Waals surface area (Å²) in [5.74, 6) is 0.789. The Morgan fingerprint density at radius 2 is 2.07 bits per heavy atom. The Labute approximate surface area is 164 Å². The molecule has 150 valence electrons. The van der Waals surface area contributed by atoms with E-state index in [0.29, 0.717) is 25.4 Å². The van der Waals surface area contributed by atoms with Gasteiger partial charge in [-0.15, -0.1) is 6.58 Å². The van der Waals surface area contributed by atoms with E-state index in [1.165, 1.54) is 5.56 Å². The van der Waals surface area contributed by atoms with Gasteiger partial charge in [0.1, 0.15) is 6.10 Å². The summed E-state index contributed by atoms with van der Waals surface area (Å²) in [5.41, 5.74) is 0.819. The Bertz CT molecular complexity index is 836. The van der Waals surface area contributed by atoms with E-state index in [1.54, 1.807) is 6.07 Å². The van der Waals surface area contributed by atoms with Crippen molar-refractivity contribution in [2.75, 3.05) is 26.3 Å². The van der Waals surface area contributed by atoms with Gasteiger partial charge in [-0.05, 0) is 43.9 Å². The zero-order chi connectivity index (χ0) is 19.1. The van der Waals surface area contributed by atoms with Crippen molar-refractivity contribution in [3.63, 3.8) is 0 Å². The van der Waals surface area contributed by atoms with Crippen LogP contribution in [-0.4, -0.2) is 65.5 Å². The first-order valence-corrected chi connectivity index (χ1v) is 10.4. The fourth-order valence-electron chi connectivity index (χ4n) is 6.96. The highest BCUT2D eigenvalue weighted by Gasteiger charge is 2.73. The average Bonchev–Trinajstić information content (AvgIpc) is 3.32. The SMILES string of the molecule is C=CCN1CC[C@]23c4c5ccc(O)c4O[C@H]2C(C2OCCO2)CC[C@@]3(O)[C@H]1C5. The van der Waals surface area contributed by atoms with Crippen LogP contribution < -0.4 is 4.74 Å². The zero-order valence-corrected chi connectivity index (χ0v) is 16.0. The molecule has 3 fully saturated rings. The molecule has 2 aliphatic carbocycles. The third-order valence-corrected chi connectivity index (χ3v) is 7.98. The highest BCUT2D eigenvalue weighted by Crippen LogP contribution is 2.66. The first-order chi connectivity index (χ1) is 13.6. The molecule has 3 heterocycles. The highest BCUT2D eigenvalue weighted by atomic mass is 16.7. The maximum Gasteiger partial charge on any atom is 0.165 e. The minimum atomic E-state index is -0.889. The summed E-state index contributed by atoms with van der Waals surface area (Å²) in [5, 5.41) is 22.8. The molecule has 0 amide bonds. The quantitative estimate of drug-likeness (QED) is 0.772. The lowest BCUT2D eigenvalue weighted by Crippen LogP contribution is -2.76. The Balaban J connectivity index is 1.55. The van der Waals surface area contributed by atoms with Crippen LogP contribution in [0.4, 0.5) is 0 Å². The van der Waals surface area contributed by atoms with Crippen LogP contribution in [0.15, 0.2) is 24.8 Å². The molecule has 5 aliphatic rings. The number of phenolic OH excluding ortho intramolecular Hbond substituents is 1. The van der Waals surface area contributed by atoms with E-state index >= 15 is 0 Å². The molecule has 6 nitrogen and oxygen atoms in total. The molecule has 0 aromatic heterocycles. The van der Waals surface area contributed by atoms with Crippen LogP contribution in [0.3, 0.4) is 0 Å². The smallest absolute Gasteiger partial charge is 0.165 e. The monoisotopic (exact) mass is 385 g/mol. The molecule has 1 unspecified atom stereocenters. The number of rotatable bonds is 3. The van der Waals surface area contributed by atoms with Gasteiger partial charge in [-0.25, -0.2) is 0 Å². The molecule has 6 rings (SSSR count). The van der Waals surface area contributed by atoms with Gasteiger partial charge in [0.2, 0.25) is 0 Å². The fraction of sp³-hybridized carbons (Fsp3) is 0.636. The van der Waals surface area contributed by atoms with Gasteiger partial charge in [-0.3, -0.25) is 4.90 Å². The largest absolute Gasteiger partial charge is 0.504 e. The van der Waals surface area contributed by atoms with E-state index in [4.69, 9.17) is 14.2 Å². The number of likely N-dealkylation sites (tertiary alicyclic amines) is 1. The van der Waals surface area contributed by atoms with Gasteiger partial charge in [0.05, 0.1) is 24.2 Å². The maximum atomic E-state index is 12.2. The molecule has 5 atom stereocenters. The molecule has 1 aromatic carbocycles. The molecule has 2 N–H and O–H groups in total. The van der Waals surface area contributed by atoms with Gasteiger partial charge in [-0.1, -0.05) is 12.1 Å². The van der Waals surface area contributed by atoms with Crippen LogP contribution in [0.25, 0.3) is 0 Å². The second-order valence-corrected chi connectivity index (χ2v) is 8.95. The minimum Gasteiger partial charge on any atom is -0.504 e. The molecule has 6 heteroatoms. The summed E-state index contributed by atoms with van der Waals surface area (Å²) in [7, 11) is 0. The highest BCUT2D eigenvalue weighted by molar-refractivity contribution is 5.62. The molecule has 28 heavy (non-hydrogen) atoms. The minimum absolute atomic E-state index is 0.0275. The Hall–Kier alpha value is -1.60. The molecule has 0 radical (unpaired) electrons. The summed E-state index contributed by atoms with van der Waals surface area (Å²) < 4.78 is 18.2. The predicted molar refractivity (Wildman–Crippen MR) is 101 cm³/mol. The van der Waals surface area contributed by atoms with Crippen LogP contribution in [0.1, 0.15) is 30.4 Å². The van der Waals surface area contributed by atoms with Crippen LogP contribution in [-0.2, 0) is 21.3 Å². The third kappa shape index (κ3) is 1.88. The van der Waals surface area contributed by atoms with E-state index in [-0.39, 0.29) is 30.1 Å². The van der Waals surface area contributed by atoms with Crippen molar-refractivity contribution in [3.05, 3.63) is 35.9 Å². The first kappa shape index (κ1) is 17.3. The Kier molecular flexibility index (Phi) is 3.53. The Morgan fingerprint density at radius 3 is 2.86 bits per heavy atom. The number of aromatic hydroxyl groups is 1. The summed E-state index contributed by atoms with van der Waals surface area (Å²) >= 11 is 0. The average molecular weight is 385 g/mol. The Morgan fingerprint density at radius 1 is 1.25 bits per heavy atom. The van der Waals surface area contributed by atoms with Crippen molar-refractivity contribution in [1.82, 2.24) is 4.90 Å². The van der Waals surface area contributed by atoms with Gasteiger partial charge in [0.15, 0.2) is 17.8 Å².